The fourth-order valence-electron chi connectivity index (χ4n) is 3.38. The molecule has 1 atom stereocenters. The molecular weight excluding hydrogens is 439 g/mol. The number of benzene rings is 1. The van der Waals surface area contributed by atoms with Crippen molar-refractivity contribution in [1.29, 1.82) is 0 Å². The van der Waals surface area contributed by atoms with Gasteiger partial charge in [0.15, 0.2) is 5.96 Å². The highest BCUT2D eigenvalue weighted by Crippen LogP contribution is 2.16. The summed E-state index contributed by atoms with van der Waals surface area (Å²) in [4.78, 5) is 9.64. The summed E-state index contributed by atoms with van der Waals surface area (Å²) >= 11 is 0. The van der Waals surface area contributed by atoms with Gasteiger partial charge < -0.3 is 19.9 Å². The Morgan fingerprint density at radius 1 is 1.31 bits per heavy atom. The average Bonchev–Trinajstić information content (AvgIpc) is 3.10. The van der Waals surface area contributed by atoms with E-state index in [2.05, 4.69) is 59.3 Å². The lowest BCUT2D eigenvalue weighted by molar-refractivity contribution is 0.157. The molecule has 0 radical (unpaired) electrons. The van der Waals surface area contributed by atoms with Crippen molar-refractivity contribution in [1.82, 2.24) is 10.2 Å². The zero-order chi connectivity index (χ0) is 17.9. The van der Waals surface area contributed by atoms with Gasteiger partial charge in [0.2, 0.25) is 0 Å². The number of para-hydroxylation sites is 1. The van der Waals surface area contributed by atoms with E-state index in [0.717, 1.165) is 58.3 Å². The van der Waals surface area contributed by atoms with Gasteiger partial charge in [0.05, 0.1) is 6.61 Å². The lowest BCUT2D eigenvalue weighted by Gasteiger charge is -2.24. The smallest absolute Gasteiger partial charge is 0.193 e. The van der Waals surface area contributed by atoms with Gasteiger partial charge in [-0.2, -0.15) is 0 Å². The van der Waals surface area contributed by atoms with Gasteiger partial charge in [-0.05, 0) is 38.8 Å². The first-order valence-corrected chi connectivity index (χ1v) is 9.60. The molecule has 1 aliphatic rings. The minimum Gasteiger partial charge on any atom is -0.384 e. The minimum atomic E-state index is 0. The molecule has 0 saturated carbocycles. The van der Waals surface area contributed by atoms with Crippen molar-refractivity contribution in [3.63, 3.8) is 0 Å². The lowest BCUT2D eigenvalue weighted by Crippen LogP contribution is -2.40. The van der Waals surface area contributed by atoms with Gasteiger partial charge >= 0.3 is 0 Å². The van der Waals surface area contributed by atoms with E-state index in [1.54, 1.807) is 7.11 Å². The molecule has 2 rings (SSSR count). The first-order chi connectivity index (χ1) is 12.3. The molecule has 0 amide bonds. The van der Waals surface area contributed by atoms with Crippen molar-refractivity contribution >= 4 is 35.6 Å². The molecule has 0 bridgehead atoms. The number of likely N-dealkylation sites (tertiary alicyclic amines) is 1. The van der Waals surface area contributed by atoms with E-state index in [1.165, 1.54) is 12.1 Å². The fourth-order valence-corrected chi connectivity index (χ4v) is 3.38. The third kappa shape index (κ3) is 7.31. The van der Waals surface area contributed by atoms with Gasteiger partial charge in [-0.1, -0.05) is 18.2 Å². The summed E-state index contributed by atoms with van der Waals surface area (Å²) in [6.07, 6.45) is 2.25. The maximum atomic E-state index is 5.30. The molecule has 26 heavy (non-hydrogen) atoms. The largest absolute Gasteiger partial charge is 0.384 e. The molecule has 148 valence electrons. The Labute approximate surface area is 176 Å². The molecule has 1 N–H and O–H groups in total. The summed E-state index contributed by atoms with van der Waals surface area (Å²) in [5.74, 6) is 1.69. The van der Waals surface area contributed by atoms with Crippen LogP contribution >= 0.6 is 24.0 Å². The summed E-state index contributed by atoms with van der Waals surface area (Å²) in [6.45, 7) is 11.1. The van der Waals surface area contributed by atoms with Crippen LogP contribution in [0.1, 0.15) is 26.7 Å². The van der Waals surface area contributed by atoms with Crippen LogP contribution in [0.15, 0.2) is 35.3 Å². The SMILES string of the molecule is CCNC(=NCCCN(CC)c1ccccc1)N1CCC(COC)C1.I. The predicted molar refractivity (Wildman–Crippen MR) is 122 cm³/mol. The predicted octanol–water partition coefficient (Wildman–Crippen LogP) is 3.45. The quantitative estimate of drug-likeness (QED) is 0.258. The summed E-state index contributed by atoms with van der Waals surface area (Å²) < 4.78 is 5.30. The average molecular weight is 474 g/mol. The number of anilines is 1. The molecule has 1 aliphatic heterocycles. The maximum Gasteiger partial charge on any atom is 0.193 e. The number of nitrogens with one attached hydrogen (secondary N) is 1. The zero-order valence-corrected chi connectivity index (χ0v) is 18.8. The second-order valence-electron chi connectivity index (χ2n) is 6.56. The number of ether oxygens (including phenoxy) is 1. The third-order valence-corrected chi connectivity index (χ3v) is 4.67. The van der Waals surface area contributed by atoms with Crippen LogP contribution in [0.2, 0.25) is 0 Å². The molecule has 0 spiro atoms. The van der Waals surface area contributed by atoms with Crippen molar-refractivity contribution in [2.45, 2.75) is 26.7 Å². The topological polar surface area (TPSA) is 40.1 Å². The second-order valence-corrected chi connectivity index (χ2v) is 6.56. The number of guanidine groups is 1. The van der Waals surface area contributed by atoms with Gasteiger partial charge in [0, 0.05) is 58.0 Å². The van der Waals surface area contributed by atoms with Crippen LogP contribution in [0.3, 0.4) is 0 Å². The zero-order valence-electron chi connectivity index (χ0n) is 16.5. The molecule has 1 aromatic carbocycles. The number of aliphatic imine (C=N–C) groups is 1. The maximum absolute atomic E-state index is 5.30. The van der Waals surface area contributed by atoms with Crippen LogP contribution in [0, 0.1) is 5.92 Å². The van der Waals surface area contributed by atoms with E-state index >= 15 is 0 Å². The molecule has 1 heterocycles. The Hall–Kier alpha value is -1.02. The van der Waals surface area contributed by atoms with Crippen LogP contribution < -0.4 is 10.2 Å². The van der Waals surface area contributed by atoms with E-state index in [4.69, 9.17) is 9.73 Å². The molecule has 5 nitrogen and oxygen atoms in total. The van der Waals surface area contributed by atoms with Gasteiger partial charge in [-0.15, -0.1) is 24.0 Å². The van der Waals surface area contributed by atoms with Crippen molar-refractivity contribution in [3.05, 3.63) is 30.3 Å². The van der Waals surface area contributed by atoms with Crippen LogP contribution in [-0.4, -0.2) is 63.8 Å². The van der Waals surface area contributed by atoms with E-state index in [-0.39, 0.29) is 24.0 Å². The van der Waals surface area contributed by atoms with Gasteiger partial charge in [-0.25, -0.2) is 0 Å². The number of hydrogen-bond acceptors (Lipinski definition) is 3. The third-order valence-electron chi connectivity index (χ3n) is 4.67. The number of rotatable bonds is 9. The molecule has 1 fully saturated rings. The summed E-state index contributed by atoms with van der Waals surface area (Å²) in [5.41, 5.74) is 1.29. The van der Waals surface area contributed by atoms with E-state index < -0.39 is 0 Å². The van der Waals surface area contributed by atoms with Crippen molar-refractivity contribution in [3.8, 4) is 0 Å². The number of methoxy groups -OCH3 is 1. The Kier molecular flexibility index (Phi) is 11.7. The second kappa shape index (κ2) is 13.2. The van der Waals surface area contributed by atoms with E-state index in [0.29, 0.717) is 5.92 Å². The minimum absolute atomic E-state index is 0. The number of hydrogen-bond donors (Lipinski definition) is 1. The summed E-state index contributed by atoms with van der Waals surface area (Å²) in [6, 6.07) is 10.6. The molecule has 1 saturated heterocycles. The summed E-state index contributed by atoms with van der Waals surface area (Å²) in [7, 11) is 1.79. The van der Waals surface area contributed by atoms with E-state index in [9.17, 15) is 0 Å². The molecule has 6 heteroatoms. The summed E-state index contributed by atoms with van der Waals surface area (Å²) in [5, 5.41) is 3.44. The van der Waals surface area contributed by atoms with Crippen LogP contribution in [0.4, 0.5) is 5.69 Å². The molecule has 1 unspecified atom stereocenters. The molecule has 0 aromatic heterocycles. The monoisotopic (exact) mass is 474 g/mol. The van der Waals surface area contributed by atoms with Gasteiger partial charge in [0.1, 0.15) is 0 Å². The van der Waals surface area contributed by atoms with Gasteiger partial charge in [-0.3, -0.25) is 4.99 Å². The van der Waals surface area contributed by atoms with Crippen LogP contribution in [0.5, 0.6) is 0 Å². The van der Waals surface area contributed by atoms with Gasteiger partial charge in [0.25, 0.3) is 0 Å². The number of nitrogens with zero attached hydrogens (tertiary/aromatic N) is 3. The molecule has 1 aromatic rings. The highest BCUT2D eigenvalue weighted by Gasteiger charge is 2.24. The first-order valence-electron chi connectivity index (χ1n) is 9.60. The van der Waals surface area contributed by atoms with Crippen molar-refractivity contribution < 1.29 is 4.74 Å². The number of halogens is 1. The van der Waals surface area contributed by atoms with Crippen LogP contribution in [-0.2, 0) is 4.74 Å². The van der Waals surface area contributed by atoms with E-state index in [1.807, 2.05) is 0 Å². The lowest BCUT2D eigenvalue weighted by atomic mass is 10.1. The fraction of sp³-hybridized carbons (Fsp3) is 0.650. The standard InChI is InChI=1S/C20H34N4O.HI/c1-4-21-20(24-15-12-18(16-24)17-25-3)22-13-9-14-23(5-2)19-10-7-6-8-11-19;/h6-8,10-11,18H,4-5,9,12-17H2,1-3H3,(H,21,22);1H. The Bertz CT molecular complexity index is 512. The van der Waals surface area contributed by atoms with Crippen LogP contribution in [0.25, 0.3) is 0 Å². The highest BCUT2D eigenvalue weighted by molar-refractivity contribution is 14.0. The highest BCUT2D eigenvalue weighted by atomic mass is 127. The molecular formula is C20H35IN4O. The Morgan fingerprint density at radius 2 is 2.08 bits per heavy atom. The normalized spacial score (nSPS) is 17.1. The first kappa shape index (κ1) is 23.0. The Morgan fingerprint density at radius 3 is 2.73 bits per heavy atom. The van der Waals surface area contributed by atoms with Crippen molar-refractivity contribution in [2.75, 3.05) is 57.9 Å². The Balaban J connectivity index is 0.00000338. The molecule has 0 aliphatic carbocycles. The van der Waals surface area contributed by atoms with Crippen molar-refractivity contribution in [2.24, 2.45) is 10.9 Å².